The first-order valence-electron chi connectivity index (χ1n) is 5.86. The summed E-state index contributed by atoms with van der Waals surface area (Å²) in [5.74, 6) is -0.831. The molecule has 1 atom stereocenters. The monoisotopic (exact) mass is 300 g/mol. The molecule has 0 heterocycles. The minimum atomic E-state index is -0.390. The molecule has 0 aromatic heterocycles. The van der Waals surface area contributed by atoms with E-state index in [4.69, 9.17) is 23.2 Å². The van der Waals surface area contributed by atoms with Gasteiger partial charge in [0.1, 0.15) is 11.6 Å². The minimum absolute atomic E-state index is 0.200. The molecule has 0 spiro atoms. The van der Waals surface area contributed by atoms with Gasteiger partial charge in [0.15, 0.2) is 0 Å². The van der Waals surface area contributed by atoms with Crippen molar-refractivity contribution in [3.05, 3.63) is 70.2 Å². The van der Waals surface area contributed by atoms with Gasteiger partial charge < -0.3 is 0 Å². The molecule has 0 aliphatic carbocycles. The molecular weight excluding hydrogens is 289 g/mol. The van der Waals surface area contributed by atoms with Crippen molar-refractivity contribution in [2.45, 2.75) is 12.3 Å². The molecule has 0 nitrogen and oxygen atoms in total. The maximum atomic E-state index is 13.7. The van der Waals surface area contributed by atoms with E-state index in [1.54, 1.807) is 30.3 Å². The number of rotatable bonds is 4. The lowest BCUT2D eigenvalue weighted by molar-refractivity contribution is 0.572. The van der Waals surface area contributed by atoms with E-state index in [1.807, 2.05) is 0 Å². The highest BCUT2D eigenvalue weighted by atomic mass is 35.5. The number of hydrogen-bond donors (Lipinski definition) is 0. The summed E-state index contributed by atoms with van der Waals surface area (Å²) in [7, 11) is 0. The lowest BCUT2D eigenvalue weighted by atomic mass is 9.93. The Morgan fingerprint density at radius 1 is 0.947 bits per heavy atom. The summed E-state index contributed by atoms with van der Waals surface area (Å²) in [6.45, 7) is 0. The van der Waals surface area contributed by atoms with Crippen LogP contribution in [0.3, 0.4) is 0 Å². The molecule has 0 bridgehead atoms. The van der Waals surface area contributed by atoms with Gasteiger partial charge in [0.25, 0.3) is 0 Å². The fraction of sp³-hybridized carbons (Fsp3) is 0.200. The Morgan fingerprint density at radius 3 is 2.26 bits per heavy atom. The Labute approximate surface area is 121 Å². The molecule has 0 N–H and O–H groups in total. The van der Waals surface area contributed by atoms with Crippen LogP contribution in [-0.2, 0) is 6.42 Å². The van der Waals surface area contributed by atoms with Gasteiger partial charge in [0.05, 0.1) is 0 Å². The summed E-state index contributed by atoms with van der Waals surface area (Å²) in [6, 6.07) is 10.9. The molecule has 0 amide bonds. The predicted octanol–water partition coefficient (Wildman–Crippen LogP) is 5.18. The van der Waals surface area contributed by atoms with Crippen molar-refractivity contribution < 1.29 is 8.78 Å². The molecular formula is C15H12Cl2F2. The van der Waals surface area contributed by atoms with E-state index in [0.29, 0.717) is 16.1 Å². The quantitative estimate of drug-likeness (QED) is 0.682. The number of halogens is 4. The molecule has 2 aromatic rings. The van der Waals surface area contributed by atoms with Crippen molar-refractivity contribution >= 4 is 23.2 Å². The molecule has 0 aliphatic rings. The highest BCUT2D eigenvalue weighted by Crippen LogP contribution is 2.29. The summed E-state index contributed by atoms with van der Waals surface area (Å²) >= 11 is 11.9. The fourth-order valence-electron chi connectivity index (χ4n) is 2.03. The number of hydrogen-bond acceptors (Lipinski definition) is 0. The van der Waals surface area contributed by atoms with E-state index in [-0.39, 0.29) is 29.9 Å². The van der Waals surface area contributed by atoms with Crippen LogP contribution in [0.4, 0.5) is 8.78 Å². The Morgan fingerprint density at radius 2 is 1.63 bits per heavy atom. The third-order valence-electron chi connectivity index (χ3n) is 3.04. The fourth-order valence-corrected chi connectivity index (χ4v) is 2.54. The number of benzene rings is 2. The number of alkyl halides is 1. The molecule has 0 aliphatic heterocycles. The second-order valence-corrected chi connectivity index (χ2v) is 4.99. The Balaban J connectivity index is 2.32. The smallest absolute Gasteiger partial charge is 0.127 e. The van der Waals surface area contributed by atoms with Gasteiger partial charge in [-0.05, 0) is 30.2 Å². The van der Waals surface area contributed by atoms with Crippen molar-refractivity contribution in [2.24, 2.45) is 0 Å². The summed E-state index contributed by atoms with van der Waals surface area (Å²) in [5.41, 5.74) is 0.856. The minimum Gasteiger partial charge on any atom is -0.207 e. The molecule has 19 heavy (non-hydrogen) atoms. The van der Waals surface area contributed by atoms with Gasteiger partial charge >= 0.3 is 0 Å². The van der Waals surface area contributed by atoms with Crippen LogP contribution in [0, 0.1) is 11.6 Å². The second-order valence-electron chi connectivity index (χ2n) is 4.28. The van der Waals surface area contributed by atoms with E-state index < -0.39 is 0 Å². The molecule has 0 saturated heterocycles. The van der Waals surface area contributed by atoms with E-state index in [0.717, 1.165) is 0 Å². The second kappa shape index (κ2) is 6.36. The van der Waals surface area contributed by atoms with Crippen LogP contribution in [0.25, 0.3) is 0 Å². The normalized spacial score (nSPS) is 12.4. The van der Waals surface area contributed by atoms with Gasteiger partial charge in [-0.2, -0.15) is 0 Å². The van der Waals surface area contributed by atoms with Crippen LogP contribution in [0.2, 0.25) is 5.02 Å². The average Bonchev–Trinajstić information content (AvgIpc) is 2.40. The largest absolute Gasteiger partial charge is 0.207 e. The predicted molar refractivity (Wildman–Crippen MR) is 75.0 cm³/mol. The van der Waals surface area contributed by atoms with Crippen molar-refractivity contribution in [3.63, 3.8) is 0 Å². The summed E-state index contributed by atoms with van der Waals surface area (Å²) in [6.07, 6.45) is 0.274. The zero-order valence-electron chi connectivity index (χ0n) is 10.0. The van der Waals surface area contributed by atoms with Gasteiger partial charge in [-0.25, -0.2) is 8.78 Å². The van der Waals surface area contributed by atoms with Crippen LogP contribution in [0.5, 0.6) is 0 Å². The van der Waals surface area contributed by atoms with Crippen LogP contribution < -0.4 is 0 Å². The molecule has 2 rings (SSSR count). The summed E-state index contributed by atoms with van der Waals surface area (Å²) in [5, 5.41) is 0.339. The highest BCUT2D eigenvalue weighted by Gasteiger charge is 2.18. The van der Waals surface area contributed by atoms with Gasteiger partial charge in [-0.15, -0.1) is 11.6 Å². The van der Waals surface area contributed by atoms with E-state index in [1.165, 1.54) is 12.1 Å². The standard InChI is InChI=1S/C15H12Cl2F2/c16-9-10(11-4-1-2-6-14(11)18)8-12-13(17)5-3-7-15(12)19/h1-7,10H,8-9H2. The third-order valence-corrected chi connectivity index (χ3v) is 3.77. The van der Waals surface area contributed by atoms with Gasteiger partial charge in [-0.3, -0.25) is 0 Å². The summed E-state index contributed by atoms with van der Waals surface area (Å²) in [4.78, 5) is 0. The first-order chi connectivity index (χ1) is 9.13. The van der Waals surface area contributed by atoms with Crippen LogP contribution in [0.15, 0.2) is 42.5 Å². The van der Waals surface area contributed by atoms with Crippen molar-refractivity contribution in [1.82, 2.24) is 0 Å². The molecule has 0 radical (unpaired) electrons. The molecule has 0 saturated carbocycles. The van der Waals surface area contributed by atoms with E-state index >= 15 is 0 Å². The third kappa shape index (κ3) is 3.26. The Kier molecular flexibility index (Phi) is 4.78. The SMILES string of the molecule is Fc1ccccc1C(CCl)Cc1c(F)cccc1Cl. The molecule has 0 fully saturated rings. The summed E-state index contributed by atoms with van der Waals surface area (Å²) < 4.78 is 27.5. The molecule has 2 aromatic carbocycles. The zero-order chi connectivity index (χ0) is 13.8. The maximum absolute atomic E-state index is 13.7. The lowest BCUT2D eigenvalue weighted by Gasteiger charge is -2.16. The first-order valence-corrected chi connectivity index (χ1v) is 6.78. The van der Waals surface area contributed by atoms with Crippen molar-refractivity contribution in [1.29, 1.82) is 0 Å². The van der Waals surface area contributed by atoms with E-state index in [9.17, 15) is 8.78 Å². The topological polar surface area (TPSA) is 0 Å². The van der Waals surface area contributed by atoms with Crippen molar-refractivity contribution in [2.75, 3.05) is 5.88 Å². The maximum Gasteiger partial charge on any atom is 0.127 e. The van der Waals surface area contributed by atoms with Gasteiger partial charge in [0.2, 0.25) is 0 Å². The Bertz CT molecular complexity index is 550. The zero-order valence-corrected chi connectivity index (χ0v) is 11.6. The molecule has 1 unspecified atom stereocenters. The van der Waals surface area contributed by atoms with Crippen LogP contribution in [-0.4, -0.2) is 5.88 Å². The Hall–Kier alpha value is -1.12. The lowest BCUT2D eigenvalue weighted by Crippen LogP contribution is -2.08. The van der Waals surface area contributed by atoms with Crippen LogP contribution >= 0.6 is 23.2 Å². The van der Waals surface area contributed by atoms with E-state index in [2.05, 4.69) is 0 Å². The average molecular weight is 301 g/mol. The van der Waals surface area contributed by atoms with Crippen LogP contribution in [0.1, 0.15) is 17.0 Å². The van der Waals surface area contributed by atoms with Crippen molar-refractivity contribution in [3.8, 4) is 0 Å². The highest BCUT2D eigenvalue weighted by molar-refractivity contribution is 6.31. The first kappa shape index (κ1) is 14.3. The molecule has 4 heteroatoms. The van der Waals surface area contributed by atoms with Gasteiger partial charge in [-0.1, -0.05) is 35.9 Å². The molecule has 100 valence electrons. The van der Waals surface area contributed by atoms with Gasteiger partial charge in [0, 0.05) is 22.4 Å².